The second-order valence-corrected chi connectivity index (χ2v) is 6.43. The predicted molar refractivity (Wildman–Crippen MR) is 96.4 cm³/mol. The average molecular weight is 355 g/mol. The highest BCUT2D eigenvalue weighted by molar-refractivity contribution is 5.99. The van der Waals surface area contributed by atoms with Crippen molar-refractivity contribution in [1.29, 1.82) is 5.26 Å². The molecule has 3 rings (SSSR count). The summed E-state index contributed by atoms with van der Waals surface area (Å²) >= 11 is 0. The molecule has 1 fully saturated rings. The van der Waals surface area contributed by atoms with Gasteiger partial charge in [-0.2, -0.15) is 5.26 Å². The monoisotopic (exact) mass is 355 g/mol. The number of benzene rings is 2. The van der Waals surface area contributed by atoms with Gasteiger partial charge in [-0.1, -0.05) is 6.07 Å². The SMILES string of the molecule is CC(=O)c1c(F)cccc1NC1CCCN(c2ccc(C#N)cc2F)C1. The van der Waals surface area contributed by atoms with Gasteiger partial charge in [-0.15, -0.1) is 0 Å². The lowest BCUT2D eigenvalue weighted by atomic mass is 10.0. The van der Waals surface area contributed by atoms with E-state index in [9.17, 15) is 13.6 Å². The van der Waals surface area contributed by atoms with Crippen molar-refractivity contribution in [2.24, 2.45) is 0 Å². The lowest BCUT2D eigenvalue weighted by Crippen LogP contribution is -2.42. The number of carbonyl (C=O) groups is 1. The van der Waals surface area contributed by atoms with E-state index in [0.717, 1.165) is 12.8 Å². The van der Waals surface area contributed by atoms with Crippen molar-refractivity contribution in [2.75, 3.05) is 23.3 Å². The molecule has 0 radical (unpaired) electrons. The number of nitrogens with one attached hydrogen (secondary N) is 1. The number of carbonyl (C=O) groups excluding carboxylic acids is 1. The minimum Gasteiger partial charge on any atom is -0.380 e. The van der Waals surface area contributed by atoms with Crippen molar-refractivity contribution >= 4 is 17.2 Å². The van der Waals surface area contributed by atoms with Crippen molar-refractivity contribution < 1.29 is 13.6 Å². The van der Waals surface area contributed by atoms with Crippen LogP contribution in [-0.4, -0.2) is 24.9 Å². The molecule has 2 aromatic carbocycles. The minimum atomic E-state index is -0.548. The van der Waals surface area contributed by atoms with Crippen LogP contribution in [0.1, 0.15) is 35.7 Å². The first kappa shape index (κ1) is 17.9. The molecule has 0 aliphatic carbocycles. The third kappa shape index (κ3) is 3.67. The summed E-state index contributed by atoms with van der Waals surface area (Å²) in [5, 5.41) is 12.1. The minimum absolute atomic E-state index is 0.0429. The van der Waals surface area contributed by atoms with Gasteiger partial charge in [0.25, 0.3) is 0 Å². The third-order valence-electron chi connectivity index (χ3n) is 4.56. The van der Waals surface area contributed by atoms with Crippen molar-refractivity contribution in [3.8, 4) is 6.07 Å². The summed E-state index contributed by atoms with van der Waals surface area (Å²) < 4.78 is 28.3. The van der Waals surface area contributed by atoms with Gasteiger partial charge in [0, 0.05) is 24.8 Å². The number of rotatable bonds is 4. The van der Waals surface area contributed by atoms with Crippen molar-refractivity contribution in [2.45, 2.75) is 25.8 Å². The molecule has 1 N–H and O–H groups in total. The molecular weight excluding hydrogens is 336 g/mol. The number of nitrogens with zero attached hydrogens (tertiary/aromatic N) is 2. The number of ketones is 1. The van der Waals surface area contributed by atoms with E-state index in [-0.39, 0.29) is 23.0 Å². The number of hydrogen-bond donors (Lipinski definition) is 1. The fraction of sp³-hybridized carbons (Fsp3) is 0.300. The van der Waals surface area contributed by atoms with Crippen LogP contribution >= 0.6 is 0 Å². The van der Waals surface area contributed by atoms with E-state index in [1.807, 2.05) is 11.0 Å². The number of halogens is 2. The second-order valence-electron chi connectivity index (χ2n) is 6.43. The third-order valence-corrected chi connectivity index (χ3v) is 4.56. The molecule has 1 aliphatic heterocycles. The molecule has 0 saturated carbocycles. The zero-order chi connectivity index (χ0) is 18.7. The topological polar surface area (TPSA) is 56.1 Å². The second kappa shape index (κ2) is 7.52. The molecule has 26 heavy (non-hydrogen) atoms. The Morgan fingerprint density at radius 2 is 2.08 bits per heavy atom. The highest BCUT2D eigenvalue weighted by Gasteiger charge is 2.24. The van der Waals surface area contributed by atoms with E-state index < -0.39 is 11.6 Å². The molecule has 1 heterocycles. The lowest BCUT2D eigenvalue weighted by molar-refractivity contribution is 0.101. The van der Waals surface area contributed by atoms with E-state index in [0.29, 0.717) is 24.5 Å². The molecule has 0 amide bonds. The van der Waals surface area contributed by atoms with Gasteiger partial charge in [0.05, 0.1) is 22.9 Å². The summed E-state index contributed by atoms with van der Waals surface area (Å²) in [6.45, 7) is 2.56. The number of hydrogen-bond acceptors (Lipinski definition) is 4. The van der Waals surface area contributed by atoms with Gasteiger partial charge in [-0.3, -0.25) is 4.79 Å². The first-order valence-corrected chi connectivity index (χ1v) is 8.50. The zero-order valence-electron chi connectivity index (χ0n) is 14.4. The van der Waals surface area contributed by atoms with Gasteiger partial charge >= 0.3 is 0 Å². The molecule has 0 aromatic heterocycles. The molecule has 4 nitrogen and oxygen atoms in total. The normalized spacial score (nSPS) is 16.8. The van der Waals surface area contributed by atoms with E-state index >= 15 is 0 Å². The molecule has 6 heteroatoms. The van der Waals surface area contributed by atoms with Crippen molar-refractivity contribution in [1.82, 2.24) is 0 Å². The molecule has 0 bridgehead atoms. The van der Waals surface area contributed by atoms with Crippen LogP contribution in [-0.2, 0) is 0 Å². The van der Waals surface area contributed by atoms with Crippen LogP contribution in [0.25, 0.3) is 0 Å². The van der Waals surface area contributed by atoms with Crippen LogP contribution in [0.2, 0.25) is 0 Å². The van der Waals surface area contributed by atoms with Gasteiger partial charge in [0.2, 0.25) is 0 Å². The Hall–Kier alpha value is -2.94. The number of anilines is 2. The van der Waals surface area contributed by atoms with Gasteiger partial charge in [0.15, 0.2) is 5.78 Å². The van der Waals surface area contributed by atoms with Gasteiger partial charge < -0.3 is 10.2 Å². The standard InChI is InChI=1S/C20H19F2N3O/c1-13(26)20-16(21)5-2-6-18(20)24-15-4-3-9-25(12-15)19-8-7-14(11-23)10-17(19)22/h2,5-8,10,15,24H,3-4,9,12H2,1H3. The molecule has 0 spiro atoms. The van der Waals surface area contributed by atoms with Crippen LogP contribution in [0.5, 0.6) is 0 Å². The highest BCUT2D eigenvalue weighted by Crippen LogP contribution is 2.27. The summed E-state index contributed by atoms with van der Waals surface area (Å²) in [6.07, 6.45) is 1.67. The Labute approximate surface area is 151 Å². The van der Waals surface area contributed by atoms with Gasteiger partial charge in [0.1, 0.15) is 11.6 Å². The van der Waals surface area contributed by atoms with Crippen LogP contribution in [0.15, 0.2) is 36.4 Å². The van der Waals surface area contributed by atoms with E-state index in [2.05, 4.69) is 5.32 Å². The average Bonchev–Trinajstić information content (AvgIpc) is 2.61. The Morgan fingerprint density at radius 3 is 2.77 bits per heavy atom. The fourth-order valence-corrected chi connectivity index (χ4v) is 3.37. The number of piperidine rings is 1. The maximum absolute atomic E-state index is 14.3. The van der Waals surface area contributed by atoms with E-state index in [1.54, 1.807) is 24.3 Å². The maximum atomic E-state index is 14.3. The van der Waals surface area contributed by atoms with Crippen LogP contribution in [0.3, 0.4) is 0 Å². The van der Waals surface area contributed by atoms with Crippen LogP contribution in [0, 0.1) is 23.0 Å². The quantitative estimate of drug-likeness (QED) is 0.838. The van der Waals surface area contributed by atoms with Crippen molar-refractivity contribution in [3.05, 3.63) is 59.2 Å². The summed E-state index contributed by atoms with van der Waals surface area (Å²) in [7, 11) is 0. The first-order valence-electron chi connectivity index (χ1n) is 8.50. The molecule has 1 saturated heterocycles. The smallest absolute Gasteiger partial charge is 0.164 e. The Bertz CT molecular complexity index is 876. The first-order chi connectivity index (χ1) is 12.5. The fourth-order valence-electron chi connectivity index (χ4n) is 3.37. The molecule has 134 valence electrons. The lowest BCUT2D eigenvalue weighted by Gasteiger charge is -2.35. The van der Waals surface area contributed by atoms with Gasteiger partial charge in [-0.05, 0) is 50.1 Å². The van der Waals surface area contributed by atoms with E-state index in [1.165, 1.54) is 19.1 Å². The van der Waals surface area contributed by atoms with Crippen LogP contribution in [0.4, 0.5) is 20.2 Å². The molecular formula is C20H19F2N3O. The summed E-state index contributed by atoms with van der Waals surface area (Å²) in [6, 6.07) is 10.8. The Kier molecular flexibility index (Phi) is 5.17. The Morgan fingerprint density at radius 1 is 1.27 bits per heavy atom. The van der Waals surface area contributed by atoms with E-state index in [4.69, 9.17) is 5.26 Å². The molecule has 1 aliphatic rings. The molecule has 1 atom stereocenters. The Balaban J connectivity index is 1.79. The summed E-state index contributed by atoms with van der Waals surface area (Å²) in [5.74, 6) is -1.32. The number of Topliss-reactive ketones (excluding diaryl/α,β-unsaturated/α-hetero) is 1. The highest BCUT2D eigenvalue weighted by atomic mass is 19.1. The maximum Gasteiger partial charge on any atom is 0.164 e. The molecule has 2 aromatic rings. The largest absolute Gasteiger partial charge is 0.380 e. The summed E-state index contributed by atoms with van der Waals surface area (Å²) in [5.41, 5.74) is 1.24. The zero-order valence-corrected chi connectivity index (χ0v) is 14.4. The predicted octanol–water partition coefficient (Wildman–Crippen LogP) is 4.12. The number of nitriles is 1. The summed E-state index contributed by atoms with van der Waals surface area (Å²) in [4.78, 5) is 13.7. The van der Waals surface area contributed by atoms with Crippen LogP contribution < -0.4 is 10.2 Å². The van der Waals surface area contributed by atoms with Gasteiger partial charge in [-0.25, -0.2) is 8.78 Å². The van der Waals surface area contributed by atoms with Crippen molar-refractivity contribution in [3.63, 3.8) is 0 Å². The molecule has 1 unspecified atom stereocenters.